The van der Waals surface area contributed by atoms with E-state index >= 15 is 0 Å². The molecule has 2 amide bonds. The number of hydrogen-bond donors (Lipinski definition) is 3. The highest BCUT2D eigenvalue weighted by Crippen LogP contribution is 2.17. The molecule has 1 atom stereocenters. The van der Waals surface area contributed by atoms with Crippen LogP contribution in [0.3, 0.4) is 0 Å². The molecule has 0 saturated carbocycles. The predicted molar refractivity (Wildman–Crippen MR) is 75.0 cm³/mol. The fourth-order valence-electron chi connectivity index (χ4n) is 1.74. The summed E-state index contributed by atoms with van der Waals surface area (Å²) in [5, 5.41) is 21.1. The van der Waals surface area contributed by atoms with Gasteiger partial charge in [0.1, 0.15) is 0 Å². The number of nitrogens with one attached hydrogen (secondary N) is 1. The predicted octanol–water partition coefficient (Wildman–Crippen LogP) is 1.98. The minimum absolute atomic E-state index is 0.0707. The van der Waals surface area contributed by atoms with Crippen molar-refractivity contribution in [2.75, 3.05) is 25.0 Å². The van der Waals surface area contributed by atoms with E-state index in [9.17, 15) is 9.90 Å². The maximum Gasteiger partial charge on any atom is 0.321 e. The van der Waals surface area contributed by atoms with Crippen LogP contribution in [0.5, 0.6) is 0 Å². The van der Waals surface area contributed by atoms with Crippen molar-refractivity contribution in [2.24, 2.45) is 0 Å². The monoisotopic (exact) mass is 266 g/mol. The topological polar surface area (TPSA) is 72.8 Å². The van der Waals surface area contributed by atoms with Gasteiger partial charge in [-0.1, -0.05) is 12.1 Å². The molecule has 106 valence electrons. The van der Waals surface area contributed by atoms with Crippen LogP contribution in [-0.4, -0.2) is 40.8 Å². The molecule has 5 nitrogen and oxygen atoms in total. The normalized spacial score (nSPS) is 12.0. The quantitative estimate of drug-likeness (QED) is 0.737. The second-order valence-corrected chi connectivity index (χ2v) is 4.39. The van der Waals surface area contributed by atoms with Crippen LogP contribution < -0.4 is 5.32 Å². The Morgan fingerprint density at radius 1 is 1.47 bits per heavy atom. The SMILES string of the molecule is CCN(CCCO)C(=O)Nc1cccc(C(C)O)c1. The number of aliphatic hydroxyl groups is 2. The molecule has 0 bridgehead atoms. The second-order valence-electron chi connectivity index (χ2n) is 4.39. The standard InChI is InChI=1S/C14H22N2O3/c1-3-16(8-5-9-17)14(19)15-13-7-4-6-12(10-13)11(2)18/h4,6-7,10-11,17-18H,3,5,8-9H2,1-2H3,(H,15,19). The van der Waals surface area contributed by atoms with Gasteiger partial charge < -0.3 is 20.4 Å². The largest absolute Gasteiger partial charge is 0.396 e. The molecule has 19 heavy (non-hydrogen) atoms. The third-order valence-corrected chi connectivity index (χ3v) is 2.88. The van der Waals surface area contributed by atoms with E-state index in [0.717, 1.165) is 5.56 Å². The van der Waals surface area contributed by atoms with E-state index in [-0.39, 0.29) is 12.6 Å². The lowest BCUT2D eigenvalue weighted by molar-refractivity contribution is 0.199. The number of anilines is 1. The minimum atomic E-state index is -0.562. The fourth-order valence-corrected chi connectivity index (χ4v) is 1.74. The van der Waals surface area contributed by atoms with E-state index in [1.165, 1.54) is 0 Å². The van der Waals surface area contributed by atoms with Crippen LogP contribution in [0.25, 0.3) is 0 Å². The zero-order valence-electron chi connectivity index (χ0n) is 11.5. The van der Waals surface area contributed by atoms with Crippen molar-refractivity contribution in [3.63, 3.8) is 0 Å². The van der Waals surface area contributed by atoms with E-state index in [0.29, 0.717) is 25.2 Å². The van der Waals surface area contributed by atoms with Gasteiger partial charge >= 0.3 is 6.03 Å². The van der Waals surface area contributed by atoms with Gasteiger partial charge in [-0.2, -0.15) is 0 Å². The smallest absolute Gasteiger partial charge is 0.321 e. The average Bonchev–Trinajstić information content (AvgIpc) is 2.40. The van der Waals surface area contributed by atoms with Crippen molar-refractivity contribution in [1.82, 2.24) is 4.90 Å². The number of hydrogen-bond acceptors (Lipinski definition) is 3. The van der Waals surface area contributed by atoms with Crippen molar-refractivity contribution in [3.05, 3.63) is 29.8 Å². The number of carbonyl (C=O) groups excluding carboxylic acids is 1. The van der Waals surface area contributed by atoms with Crippen molar-refractivity contribution in [2.45, 2.75) is 26.4 Å². The van der Waals surface area contributed by atoms with Gasteiger partial charge in [0, 0.05) is 25.4 Å². The summed E-state index contributed by atoms with van der Waals surface area (Å²) in [5.74, 6) is 0. The van der Waals surface area contributed by atoms with Gasteiger partial charge in [0.2, 0.25) is 0 Å². The summed E-state index contributed by atoms with van der Waals surface area (Å²) in [6, 6.07) is 6.94. The number of nitrogens with zero attached hydrogens (tertiary/aromatic N) is 1. The highest BCUT2D eigenvalue weighted by molar-refractivity contribution is 5.89. The fraction of sp³-hybridized carbons (Fsp3) is 0.500. The number of rotatable bonds is 6. The Labute approximate surface area is 113 Å². The van der Waals surface area contributed by atoms with Gasteiger partial charge in [0.15, 0.2) is 0 Å². The molecule has 0 aliphatic rings. The Kier molecular flexibility index (Phi) is 6.32. The first-order valence-electron chi connectivity index (χ1n) is 6.53. The zero-order valence-corrected chi connectivity index (χ0v) is 11.5. The van der Waals surface area contributed by atoms with Crippen molar-refractivity contribution in [3.8, 4) is 0 Å². The molecular formula is C14H22N2O3. The lowest BCUT2D eigenvalue weighted by Gasteiger charge is -2.21. The number of carbonyl (C=O) groups is 1. The van der Waals surface area contributed by atoms with Crippen LogP contribution in [0.2, 0.25) is 0 Å². The summed E-state index contributed by atoms with van der Waals surface area (Å²) in [5.41, 5.74) is 1.42. The molecule has 0 heterocycles. The molecule has 1 rings (SSSR count). The number of benzene rings is 1. The highest BCUT2D eigenvalue weighted by Gasteiger charge is 2.11. The Morgan fingerprint density at radius 2 is 2.21 bits per heavy atom. The first-order chi connectivity index (χ1) is 9.08. The third kappa shape index (κ3) is 4.89. The Bertz CT molecular complexity index is 407. The highest BCUT2D eigenvalue weighted by atomic mass is 16.3. The van der Waals surface area contributed by atoms with Gasteiger partial charge in [-0.25, -0.2) is 4.79 Å². The van der Waals surface area contributed by atoms with Crippen LogP contribution in [0, 0.1) is 0 Å². The Balaban J connectivity index is 2.67. The van der Waals surface area contributed by atoms with Crippen molar-refractivity contribution >= 4 is 11.7 Å². The Hall–Kier alpha value is -1.59. The Morgan fingerprint density at radius 3 is 2.79 bits per heavy atom. The molecule has 0 saturated heterocycles. The lowest BCUT2D eigenvalue weighted by Crippen LogP contribution is -2.35. The van der Waals surface area contributed by atoms with Crippen LogP contribution in [0.4, 0.5) is 10.5 Å². The summed E-state index contributed by atoms with van der Waals surface area (Å²) >= 11 is 0. The van der Waals surface area contributed by atoms with Gasteiger partial charge in [0.05, 0.1) is 6.10 Å². The number of aliphatic hydroxyl groups excluding tert-OH is 2. The molecule has 0 aromatic heterocycles. The summed E-state index contributed by atoms with van der Waals surface area (Å²) in [6.45, 7) is 4.75. The van der Waals surface area contributed by atoms with Gasteiger partial charge in [0.25, 0.3) is 0 Å². The van der Waals surface area contributed by atoms with Gasteiger partial charge in [-0.3, -0.25) is 0 Å². The maximum absolute atomic E-state index is 12.0. The first-order valence-corrected chi connectivity index (χ1v) is 6.53. The van der Waals surface area contributed by atoms with Crippen LogP contribution in [-0.2, 0) is 0 Å². The zero-order chi connectivity index (χ0) is 14.3. The van der Waals surface area contributed by atoms with E-state index < -0.39 is 6.10 Å². The molecule has 0 aliphatic carbocycles. The van der Waals surface area contributed by atoms with Crippen LogP contribution in [0.15, 0.2) is 24.3 Å². The third-order valence-electron chi connectivity index (χ3n) is 2.88. The van der Waals surface area contributed by atoms with E-state index in [2.05, 4.69) is 5.32 Å². The summed E-state index contributed by atoms with van der Waals surface area (Å²) < 4.78 is 0. The van der Waals surface area contributed by atoms with Crippen molar-refractivity contribution in [1.29, 1.82) is 0 Å². The minimum Gasteiger partial charge on any atom is -0.396 e. The summed E-state index contributed by atoms with van der Waals surface area (Å²) in [4.78, 5) is 13.6. The molecule has 1 aromatic rings. The molecule has 3 N–H and O–H groups in total. The molecule has 0 aliphatic heterocycles. The molecular weight excluding hydrogens is 244 g/mol. The second kappa shape index (κ2) is 7.76. The molecule has 5 heteroatoms. The average molecular weight is 266 g/mol. The number of urea groups is 1. The van der Waals surface area contributed by atoms with Crippen LogP contribution >= 0.6 is 0 Å². The van der Waals surface area contributed by atoms with E-state index in [1.807, 2.05) is 13.0 Å². The van der Waals surface area contributed by atoms with Crippen molar-refractivity contribution < 1.29 is 15.0 Å². The molecule has 1 aromatic carbocycles. The van der Waals surface area contributed by atoms with Crippen LogP contribution in [0.1, 0.15) is 31.9 Å². The lowest BCUT2D eigenvalue weighted by atomic mass is 10.1. The summed E-state index contributed by atoms with van der Waals surface area (Å²) in [6.07, 6.45) is 0.00290. The van der Waals surface area contributed by atoms with E-state index in [1.54, 1.807) is 30.0 Å². The molecule has 0 radical (unpaired) electrons. The molecule has 0 fully saturated rings. The molecule has 1 unspecified atom stereocenters. The van der Waals surface area contributed by atoms with Gasteiger partial charge in [-0.05, 0) is 38.0 Å². The first kappa shape index (κ1) is 15.5. The summed E-state index contributed by atoms with van der Waals surface area (Å²) in [7, 11) is 0. The molecule has 0 spiro atoms. The van der Waals surface area contributed by atoms with Gasteiger partial charge in [-0.15, -0.1) is 0 Å². The van der Waals surface area contributed by atoms with E-state index in [4.69, 9.17) is 5.11 Å². The number of amides is 2. The maximum atomic E-state index is 12.0.